The van der Waals surface area contributed by atoms with Gasteiger partial charge in [-0.3, -0.25) is 4.79 Å². The Labute approximate surface area is 119 Å². The maximum absolute atomic E-state index is 11.9. The largest absolute Gasteiger partial charge is 0.384 e. The molecule has 0 radical (unpaired) electrons. The van der Waals surface area contributed by atoms with Gasteiger partial charge < -0.3 is 15.2 Å². The number of nitrogens with one attached hydrogen (secondary N) is 1. The number of rotatable bonds is 3. The highest BCUT2D eigenvalue weighted by Crippen LogP contribution is 2.18. The minimum atomic E-state index is -0.172. The molecule has 1 heterocycles. The van der Waals surface area contributed by atoms with Crippen molar-refractivity contribution in [1.82, 2.24) is 0 Å². The minimum absolute atomic E-state index is 0.0400. The van der Waals surface area contributed by atoms with Crippen LogP contribution in [0.1, 0.15) is 30.4 Å². The first kappa shape index (κ1) is 14.6. The predicted molar refractivity (Wildman–Crippen MR) is 77.4 cm³/mol. The second-order valence-corrected chi connectivity index (χ2v) is 4.88. The van der Waals surface area contributed by atoms with Gasteiger partial charge in [-0.1, -0.05) is 17.9 Å². The fourth-order valence-corrected chi connectivity index (χ4v) is 2.19. The number of carbonyl (C=O) groups excluding carboxylic acids is 1. The molecule has 20 heavy (non-hydrogen) atoms. The first-order valence-corrected chi connectivity index (χ1v) is 6.81. The summed E-state index contributed by atoms with van der Waals surface area (Å²) in [4.78, 5) is 11.9. The predicted octanol–water partition coefficient (Wildman–Crippen LogP) is 1.85. The number of hydrogen-bond acceptors (Lipinski definition) is 3. The Bertz CT molecular complexity index is 536. The number of aryl methyl sites for hydroxylation is 1. The first-order valence-electron chi connectivity index (χ1n) is 6.81. The summed E-state index contributed by atoms with van der Waals surface area (Å²) < 4.78 is 5.45. The van der Waals surface area contributed by atoms with E-state index in [9.17, 15) is 4.79 Å². The van der Waals surface area contributed by atoms with Gasteiger partial charge in [0, 0.05) is 17.9 Å². The van der Waals surface area contributed by atoms with Crippen molar-refractivity contribution >= 4 is 11.6 Å². The Kier molecular flexibility index (Phi) is 5.16. The van der Waals surface area contributed by atoms with Crippen LogP contribution in [0.25, 0.3) is 0 Å². The quantitative estimate of drug-likeness (QED) is 0.826. The second kappa shape index (κ2) is 7.09. The monoisotopic (exact) mass is 273 g/mol. The molecule has 1 saturated heterocycles. The molecule has 0 bridgehead atoms. The Morgan fingerprint density at radius 1 is 1.55 bits per heavy atom. The molecule has 2 N–H and O–H groups in total. The van der Waals surface area contributed by atoms with E-state index >= 15 is 0 Å². The van der Waals surface area contributed by atoms with Crippen LogP contribution in [0, 0.1) is 18.8 Å². The van der Waals surface area contributed by atoms with Gasteiger partial charge in [-0.15, -0.1) is 0 Å². The van der Waals surface area contributed by atoms with Crippen LogP contribution in [0.2, 0.25) is 0 Å². The zero-order valence-corrected chi connectivity index (χ0v) is 11.6. The molecule has 1 aromatic rings. The molecule has 1 aliphatic heterocycles. The van der Waals surface area contributed by atoms with E-state index in [1.807, 2.05) is 25.1 Å². The number of anilines is 1. The van der Waals surface area contributed by atoms with Gasteiger partial charge in [0.25, 0.3) is 0 Å². The molecule has 1 fully saturated rings. The lowest BCUT2D eigenvalue weighted by atomic mass is 10.1. The molecule has 1 unspecified atom stereocenters. The van der Waals surface area contributed by atoms with Crippen LogP contribution in [0.5, 0.6) is 0 Å². The lowest BCUT2D eigenvalue weighted by Crippen LogP contribution is -2.19. The summed E-state index contributed by atoms with van der Waals surface area (Å²) in [7, 11) is 0. The van der Waals surface area contributed by atoms with Crippen LogP contribution < -0.4 is 5.32 Å². The molecule has 1 atom stereocenters. The molecule has 1 amide bonds. The van der Waals surface area contributed by atoms with Gasteiger partial charge >= 0.3 is 0 Å². The number of ether oxygens (including phenoxy) is 1. The SMILES string of the molecule is Cc1ccc(NC(=O)CC2CCCO2)cc1C#CCO. The lowest BCUT2D eigenvalue weighted by Gasteiger charge is -2.10. The number of carbonyl (C=O) groups is 1. The molecule has 4 heteroatoms. The summed E-state index contributed by atoms with van der Waals surface area (Å²) in [5.41, 5.74) is 2.55. The summed E-state index contributed by atoms with van der Waals surface area (Å²) in [5.74, 6) is 5.45. The topological polar surface area (TPSA) is 58.6 Å². The van der Waals surface area contributed by atoms with E-state index in [1.165, 1.54) is 0 Å². The summed E-state index contributed by atoms with van der Waals surface area (Å²) >= 11 is 0. The van der Waals surface area contributed by atoms with Crippen LogP contribution in [-0.4, -0.2) is 30.3 Å². The van der Waals surface area contributed by atoms with E-state index in [1.54, 1.807) is 0 Å². The van der Waals surface area contributed by atoms with E-state index in [0.29, 0.717) is 6.42 Å². The Balaban J connectivity index is 1.99. The third kappa shape index (κ3) is 4.09. The molecule has 0 saturated carbocycles. The standard InChI is InChI=1S/C16H19NO3/c1-12-6-7-14(10-13(12)4-2-8-18)17-16(19)11-15-5-3-9-20-15/h6-7,10,15,18H,3,5,8-9,11H2,1H3,(H,17,19). The number of aliphatic hydroxyl groups excluding tert-OH is 1. The fourth-order valence-electron chi connectivity index (χ4n) is 2.19. The van der Waals surface area contributed by atoms with Gasteiger partial charge in [-0.25, -0.2) is 0 Å². The van der Waals surface area contributed by atoms with E-state index in [4.69, 9.17) is 9.84 Å². The first-order chi connectivity index (χ1) is 9.69. The van der Waals surface area contributed by atoms with Gasteiger partial charge in [0.05, 0.1) is 12.5 Å². The van der Waals surface area contributed by atoms with Crippen molar-refractivity contribution < 1.29 is 14.6 Å². The maximum Gasteiger partial charge on any atom is 0.226 e. The lowest BCUT2D eigenvalue weighted by molar-refractivity contribution is -0.118. The van der Waals surface area contributed by atoms with Crippen LogP contribution in [0.3, 0.4) is 0 Å². The number of aliphatic hydroxyl groups is 1. The van der Waals surface area contributed by atoms with E-state index in [-0.39, 0.29) is 18.6 Å². The van der Waals surface area contributed by atoms with E-state index < -0.39 is 0 Å². The smallest absolute Gasteiger partial charge is 0.226 e. The van der Waals surface area contributed by atoms with Crippen LogP contribution in [0.15, 0.2) is 18.2 Å². The molecule has 2 rings (SSSR count). The molecule has 0 aliphatic carbocycles. The van der Waals surface area contributed by atoms with Gasteiger partial charge in [0.15, 0.2) is 0 Å². The van der Waals surface area contributed by atoms with Crippen LogP contribution >= 0.6 is 0 Å². The minimum Gasteiger partial charge on any atom is -0.384 e. The molecule has 106 valence electrons. The van der Waals surface area contributed by atoms with Gasteiger partial charge in [0.1, 0.15) is 6.61 Å². The number of benzene rings is 1. The summed E-state index contributed by atoms with van der Waals surface area (Å²) in [5, 5.41) is 11.6. The number of amides is 1. The van der Waals surface area contributed by atoms with Gasteiger partial charge in [0.2, 0.25) is 5.91 Å². The average molecular weight is 273 g/mol. The molecule has 1 aromatic carbocycles. The van der Waals surface area contributed by atoms with Crippen molar-refractivity contribution in [2.24, 2.45) is 0 Å². The van der Waals surface area contributed by atoms with E-state index in [0.717, 1.165) is 36.3 Å². The molecular formula is C16H19NO3. The fraction of sp³-hybridized carbons (Fsp3) is 0.438. The van der Waals surface area contributed by atoms with E-state index in [2.05, 4.69) is 17.2 Å². The summed E-state index contributed by atoms with van der Waals surface area (Å²) in [6, 6.07) is 5.58. The normalized spacial score (nSPS) is 17.4. The maximum atomic E-state index is 11.9. The zero-order valence-electron chi connectivity index (χ0n) is 11.6. The second-order valence-electron chi connectivity index (χ2n) is 4.88. The highest BCUT2D eigenvalue weighted by molar-refractivity contribution is 5.91. The molecule has 0 spiro atoms. The van der Waals surface area contributed by atoms with Crippen molar-refractivity contribution in [3.63, 3.8) is 0 Å². The van der Waals surface area contributed by atoms with Crippen molar-refractivity contribution in [3.8, 4) is 11.8 Å². The van der Waals surface area contributed by atoms with Crippen molar-refractivity contribution in [1.29, 1.82) is 0 Å². The zero-order chi connectivity index (χ0) is 14.4. The van der Waals surface area contributed by atoms with Crippen molar-refractivity contribution in [3.05, 3.63) is 29.3 Å². The summed E-state index contributed by atoms with van der Waals surface area (Å²) in [6.07, 6.45) is 2.43. The highest BCUT2D eigenvalue weighted by Gasteiger charge is 2.19. The highest BCUT2D eigenvalue weighted by atomic mass is 16.5. The third-order valence-electron chi connectivity index (χ3n) is 3.26. The van der Waals surface area contributed by atoms with Gasteiger partial charge in [-0.2, -0.15) is 0 Å². The van der Waals surface area contributed by atoms with Crippen molar-refractivity contribution in [2.45, 2.75) is 32.3 Å². The van der Waals surface area contributed by atoms with Crippen LogP contribution in [0.4, 0.5) is 5.69 Å². The Hall–Kier alpha value is -1.83. The van der Waals surface area contributed by atoms with Crippen LogP contribution in [-0.2, 0) is 9.53 Å². The molecule has 4 nitrogen and oxygen atoms in total. The van der Waals surface area contributed by atoms with Crippen molar-refractivity contribution in [2.75, 3.05) is 18.5 Å². The number of hydrogen-bond donors (Lipinski definition) is 2. The van der Waals surface area contributed by atoms with Gasteiger partial charge in [-0.05, 0) is 37.5 Å². The summed E-state index contributed by atoms with van der Waals surface area (Å²) in [6.45, 7) is 2.53. The Morgan fingerprint density at radius 3 is 3.10 bits per heavy atom. The molecular weight excluding hydrogens is 254 g/mol. The third-order valence-corrected chi connectivity index (χ3v) is 3.26. The molecule has 1 aliphatic rings. The molecule has 0 aromatic heterocycles. The average Bonchev–Trinajstić information content (AvgIpc) is 2.92. The Morgan fingerprint density at radius 2 is 2.40 bits per heavy atom.